The molecular formula is C19H25N3O2. The Balaban J connectivity index is 1.47. The summed E-state index contributed by atoms with van der Waals surface area (Å²) in [5.74, 6) is 1.42. The van der Waals surface area contributed by atoms with E-state index in [1.807, 2.05) is 36.4 Å². The number of aromatic nitrogens is 2. The fourth-order valence-corrected chi connectivity index (χ4v) is 3.09. The summed E-state index contributed by atoms with van der Waals surface area (Å²) in [7, 11) is 1.58. The number of benzene rings is 1. The van der Waals surface area contributed by atoms with Gasteiger partial charge in [0.1, 0.15) is 5.75 Å². The number of hydrogen-bond donors (Lipinski definition) is 0. The fourth-order valence-electron chi connectivity index (χ4n) is 3.09. The largest absolute Gasteiger partial charge is 0.494 e. The van der Waals surface area contributed by atoms with E-state index in [4.69, 9.17) is 9.47 Å². The van der Waals surface area contributed by atoms with Gasteiger partial charge in [0.2, 0.25) is 5.88 Å². The molecule has 1 aliphatic heterocycles. The molecule has 2 aromatic rings. The summed E-state index contributed by atoms with van der Waals surface area (Å²) in [6, 6.07) is 12.4. The zero-order valence-corrected chi connectivity index (χ0v) is 14.4. The Morgan fingerprint density at radius 1 is 1.12 bits per heavy atom. The minimum Gasteiger partial charge on any atom is -0.494 e. The molecule has 0 aliphatic carbocycles. The molecule has 2 heterocycles. The second-order valence-corrected chi connectivity index (χ2v) is 6.21. The number of ether oxygens (including phenoxy) is 2. The standard InChI is InChI=1S/C19H25N3O2/c1-15-5-3-12-22(15)13-4-14-24-17-8-6-16(7-9-17)18-10-11-19(23-2)21-20-18/h6-11,15H,3-5,12-14H2,1-2H3/t15-/m1/s1. The topological polar surface area (TPSA) is 47.5 Å². The van der Waals surface area contributed by atoms with Crippen LogP contribution in [0.3, 0.4) is 0 Å². The summed E-state index contributed by atoms with van der Waals surface area (Å²) >= 11 is 0. The molecule has 24 heavy (non-hydrogen) atoms. The maximum absolute atomic E-state index is 5.85. The molecule has 1 aliphatic rings. The molecule has 1 saturated heterocycles. The molecule has 5 nitrogen and oxygen atoms in total. The molecule has 0 unspecified atom stereocenters. The maximum atomic E-state index is 5.85. The molecule has 3 rings (SSSR count). The summed E-state index contributed by atoms with van der Waals surface area (Å²) in [4.78, 5) is 2.55. The second kappa shape index (κ2) is 8.11. The normalized spacial score (nSPS) is 17.8. The van der Waals surface area contributed by atoms with E-state index in [0.717, 1.165) is 42.6 Å². The molecule has 1 atom stereocenters. The highest BCUT2D eigenvalue weighted by Gasteiger charge is 2.18. The van der Waals surface area contributed by atoms with Crippen molar-refractivity contribution in [2.75, 3.05) is 26.8 Å². The molecule has 0 spiro atoms. The Kier molecular flexibility index (Phi) is 5.64. The van der Waals surface area contributed by atoms with Gasteiger partial charge >= 0.3 is 0 Å². The van der Waals surface area contributed by atoms with Crippen LogP contribution in [0.4, 0.5) is 0 Å². The maximum Gasteiger partial charge on any atom is 0.233 e. The SMILES string of the molecule is COc1ccc(-c2ccc(OCCCN3CCC[C@H]3C)cc2)nn1. The van der Waals surface area contributed by atoms with Crippen LogP contribution in [0.2, 0.25) is 0 Å². The van der Waals surface area contributed by atoms with E-state index in [2.05, 4.69) is 22.0 Å². The van der Waals surface area contributed by atoms with Crippen molar-refractivity contribution in [3.05, 3.63) is 36.4 Å². The van der Waals surface area contributed by atoms with Crippen molar-refractivity contribution in [3.63, 3.8) is 0 Å². The van der Waals surface area contributed by atoms with E-state index in [9.17, 15) is 0 Å². The van der Waals surface area contributed by atoms with Crippen LogP contribution in [0.25, 0.3) is 11.3 Å². The van der Waals surface area contributed by atoms with Crippen molar-refractivity contribution in [1.82, 2.24) is 15.1 Å². The van der Waals surface area contributed by atoms with Gasteiger partial charge in [-0.1, -0.05) is 0 Å². The van der Waals surface area contributed by atoms with Gasteiger partial charge in [0.05, 0.1) is 19.4 Å². The Bertz CT molecular complexity index is 628. The third-order valence-corrected chi connectivity index (χ3v) is 4.55. The molecule has 1 aromatic carbocycles. The van der Waals surface area contributed by atoms with Gasteiger partial charge in [-0.05, 0) is 63.1 Å². The summed E-state index contributed by atoms with van der Waals surface area (Å²) in [6.07, 6.45) is 3.73. The van der Waals surface area contributed by atoms with Gasteiger partial charge in [0.25, 0.3) is 0 Å². The summed E-state index contributed by atoms with van der Waals surface area (Å²) < 4.78 is 10.9. The minimum absolute atomic E-state index is 0.519. The predicted molar refractivity (Wildman–Crippen MR) is 94.4 cm³/mol. The van der Waals surface area contributed by atoms with Crippen LogP contribution in [0.15, 0.2) is 36.4 Å². The lowest BCUT2D eigenvalue weighted by Gasteiger charge is -2.20. The monoisotopic (exact) mass is 327 g/mol. The Morgan fingerprint density at radius 3 is 2.58 bits per heavy atom. The van der Waals surface area contributed by atoms with Gasteiger partial charge < -0.3 is 14.4 Å². The summed E-state index contributed by atoms with van der Waals surface area (Å²) in [5, 5.41) is 8.15. The Morgan fingerprint density at radius 2 is 1.96 bits per heavy atom. The Labute approximate surface area is 143 Å². The third-order valence-electron chi connectivity index (χ3n) is 4.55. The fraction of sp³-hybridized carbons (Fsp3) is 0.474. The highest BCUT2D eigenvalue weighted by molar-refractivity contribution is 5.59. The number of nitrogens with zero attached hydrogens (tertiary/aromatic N) is 3. The van der Waals surface area contributed by atoms with Gasteiger partial charge in [-0.2, -0.15) is 0 Å². The van der Waals surface area contributed by atoms with Gasteiger partial charge in [-0.3, -0.25) is 0 Å². The number of methoxy groups -OCH3 is 1. The quantitative estimate of drug-likeness (QED) is 0.729. The number of likely N-dealkylation sites (tertiary alicyclic amines) is 1. The lowest BCUT2D eigenvalue weighted by Crippen LogP contribution is -2.28. The number of hydrogen-bond acceptors (Lipinski definition) is 5. The lowest BCUT2D eigenvalue weighted by atomic mass is 10.1. The van der Waals surface area contributed by atoms with Crippen LogP contribution in [-0.2, 0) is 0 Å². The first kappa shape index (κ1) is 16.7. The molecule has 5 heteroatoms. The zero-order chi connectivity index (χ0) is 16.8. The first-order valence-corrected chi connectivity index (χ1v) is 8.61. The highest BCUT2D eigenvalue weighted by atomic mass is 16.5. The van der Waals surface area contributed by atoms with Crippen molar-refractivity contribution in [2.24, 2.45) is 0 Å². The number of rotatable bonds is 7. The molecule has 1 fully saturated rings. The van der Waals surface area contributed by atoms with Crippen LogP contribution < -0.4 is 9.47 Å². The van der Waals surface area contributed by atoms with Crippen LogP contribution in [0, 0.1) is 0 Å². The zero-order valence-electron chi connectivity index (χ0n) is 14.4. The molecule has 1 aromatic heterocycles. The summed E-state index contributed by atoms with van der Waals surface area (Å²) in [5.41, 5.74) is 1.84. The van der Waals surface area contributed by atoms with Gasteiger partial charge in [0.15, 0.2) is 0 Å². The third kappa shape index (κ3) is 4.23. The summed E-state index contributed by atoms with van der Waals surface area (Å²) in [6.45, 7) is 5.43. The molecule has 128 valence electrons. The Hall–Kier alpha value is -2.14. The molecule has 0 N–H and O–H groups in total. The minimum atomic E-state index is 0.519. The van der Waals surface area contributed by atoms with Gasteiger partial charge in [-0.25, -0.2) is 0 Å². The predicted octanol–water partition coefficient (Wildman–Crippen LogP) is 3.41. The lowest BCUT2D eigenvalue weighted by molar-refractivity contribution is 0.230. The van der Waals surface area contributed by atoms with Crippen LogP contribution >= 0.6 is 0 Å². The second-order valence-electron chi connectivity index (χ2n) is 6.21. The molecule has 0 radical (unpaired) electrons. The molecule has 0 bridgehead atoms. The van der Waals surface area contributed by atoms with Crippen LogP contribution in [0.1, 0.15) is 26.2 Å². The van der Waals surface area contributed by atoms with E-state index in [1.54, 1.807) is 7.11 Å². The molecule has 0 amide bonds. The van der Waals surface area contributed by atoms with E-state index >= 15 is 0 Å². The van der Waals surface area contributed by atoms with Crippen molar-refractivity contribution in [2.45, 2.75) is 32.2 Å². The van der Waals surface area contributed by atoms with Crippen molar-refractivity contribution < 1.29 is 9.47 Å². The highest BCUT2D eigenvalue weighted by Crippen LogP contribution is 2.21. The molecular weight excluding hydrogens is 302 g/mol. The van der Waals surface area contributed by atoms with Crippen molar-refractivity contribution >= 4 is 0 Å². The average Bonchev–Trinajstić information content (AvgIpc) is 3.04. The smallest absolute Gasteiger partial charge is 0.233 e. The van der Waals surface area contributed by atoms with Gasteiger partial charge in [-0.15, -0.1) is 10.2 Å². The van der Waals surface area contributed by atoms with Crippen LogP contribution in [0.5, 0.6) is 11.6 Å². The van der Waals surface area contributed by atoms with Crippen molar-refractivity contribution in [1.29, 1.82) is 0 Å². The van der Waals surface area contributed by atoms with Gasteiger partial charge in [0, 0.05) is 24.2 Å². The van der Waals surface area contributed by atoms with Crippen molar-refractivity contribution in [3.8, 4) is 22.9 Å². The molecule has 0 saturated carbocycles. The average molecular weight is 327 g/mol. The van der Waals surface area contributed by atoms with E-state index in [1.165, 1.54) is 19.4 Å². The van der Waals surface area contributed by atoms with E-state index in [-0.39, 0.29) is 0 Å². The first-order chi connectivity index (χ1) is 11.8. The van der Waals surface area contributed by atoms with Crippen LogP contribution in [-0.4, -0.2) is 47.9 Å². The van der Waals surface area contributed by atoms with E-state index < -0.39 is 0 Å². The first-order valence-electron chi connectivity index (χ1n) is 8.61. The van der Waals surface area contributed by atoms with E-state index in [0.29, 0.717) is 5.88 Å².